The van der Waals surface area contributed by atoms with Crippen LogP contribution < -0.4 is 20.6 Å². The molecular formula is C61H74N10O8. The van der Waals surface area contributed by atoms with Crippen LogP contribution in [-0.4, -0.2) is 149 Å². The Labute approximate surface area is 460 Å². The number of β-amino-alcohol motifs (C(OH)–C–C–N with tert-alkyl or cyclic N) is 1. The lowest BCUT2D eigenvalue weighted by atomic mass is 9.59. The highest BCUT2D eigenvalue weighted by Crippen LogP contribution is 2.52. The Morgan fingerprint density at radius 1 is 0.873 bits per heavy atom. The van der Waals surface area contributed by atoms with Crippen molar-refractivity contribution in [2.45, 2.75) is 145 Å². The number of anilines is 1. The second-order valence-corrected chi connectivity index (χ2v) is 24.7. The molecule has 416 valence electrons. The smallest absolute Gasteiger partial charge is 0.409 e. The zero-order valence-electron chi connectivity index (χ0n) is 45.9. The number of benzene rings is 3. The fourth-order valence-electron chi connectivity index (χ4n) is 15.3. The summed E-state index contributed by atoms with van der Waals surface area (Å²) in [5, 5.41) is 27.2. The lowest BCUT2D eigenvalue weighted by Crippen LogP contribution is -2.56. The van der Waals surface area contributed by atoms with Crippen LogP contribution in [-0.2, 0) is 27.8 Å². The summed E-state index contributed by atoms with van der Waals surface area (Å²) in [4.78, 5) is 75.9. The highest BCUT2D eigenvalue weighted by molar-refractivity contribution is 6.02. The van der Waals surface area contributed by atoms with E-state index in [-0.39, 0.29) is 52.9 Å². The minimum absolute atomic E-state index is 0.105. The largest absolute Gasteiger partial charge is 0.508 e. The average molecular weight is 1080 g/mol. The van der Waals surface area contributed by atoms with Crippen molar-refractivity contribution in [3.63, 3.8) is 0 Å². The zero-order valence-corrected chi connectivity index (χ0v) is 45.9. The van der Waals surface area contributed by atoms with E-state index in [0.29, 0.717) is 61.6 Å². The third kappa shape index (κ3) is 9.48. The monoisotopic (exact) mass is 1070 g/mol. The summed E-state index contributed by atoms with van der Waals surface area (Å²) >= 11 is 0. The van der Waals surface area contributed by atoms with Gasteiger partial charge in [0.1, 0.15) is 30.8 Å². The Morgan fingerprint density at radius 3 is 2.47 bits per heavy atom. The molecule has 1 aliphatic carbocycles. The number of imide groups is 1. The maximum Gasteiger partial charge on any atom is 0.409 e. The quantitative estimate of drug-likeness (QED) is 0.106. The molecule has 7 aliphatic rings. The number of hydrogen-bond acceptors (Lipinski definition) is 14. The molecule has 3 aromatic carbocycles. The molecule has 4 atom stereocenters. The molecule has 1 saturated carbocycles. The van der Waals surface area contributed by atoms with Crippen molar-refractivity contribution < 1.29 is 34.1 Å². The van der Waals surface area contributed by atoms with Gasteiger partial charge in [0.05, 0.1) is 38.8 Å². The van der Waals surface area contributed by atoms with Crippen molar-refractivity contribution in [2.24, 2.45) is 12.5 Å². The van der Waals surface area contributed by atoms with Gasteiger partial charge in [-0.2, -0.15) is 9.97 Å². The summed E-state index contributed by atoms with van der Waals surface area (Å²) in [6, 6.07) is 18.2. The molecule has 0 bridgehead atoms. The average Bonchev–Trinajstić information content (AvgIpc) is 4.30. The first-order valence-corrected chi connectivity index (χ1v) is 29.2. The highest BCUT2D eigenvalue weighted by Gasteiger charge is 2.52. The zero-order chi connectivity index (χ0) is 54.4. The summed E-state index contributed by atoms with van der Waals surface area (Å²) < 4.78 is 16.1. The number of likely N-dealkylation sites (tertiary alicyclic amines) is 2. The molecule has 1 unspecified atom stereocenters. The Hall–Kier alpha value is -6.63. The second kappa shape index (κ2) is 20.2. The number of carbonyl (C=O) groups is 3. The molecule has 0 radical (unpaired) electrons. The molecule has 6 aromatic rings. The van der Waals surface area contributed by atoms with E-state index in [1.165, 1.54) is 24.0 Å². The van der Waals surface area contributed by atoms with Gasteiger partial charge in [0.2, 0.25) is 11.8 Å². The number of rotatable bonds is 11. The van der Waals surface area contributed by atoms with Gasteiger partial charge in [-0.1, -0.05) is 31.2 Å². The van der Waals surface area contributed by atoms with E-state index in [9.17, 15) is 29.4 Å². The number of imidazole rings is 1. The van der Waals surface area contributed by atoms with Crippen LogP contribution in [0.25, 0.3) is 44.0 Å². The van der Waals surface area contributed by atoms with Gasteiger partial charge in [0, 0.05) is 63.5 Å². The van der Waals surface area contributed by atoms with Gasteiger partial charge in [-0.15, -0.1) is 0 Å². The summed E-state index contributed by atoms with van der Waals surface area (Å²) in [6.45, 7) is 10.4. The van der Waals surface area contributed by atoms with E-state index in [1.807, 2.05) is 42.3 Å². The number of phenolic OH excluding ortho intramolecular Hbond substituents is 1. The van der Waals surface area contributed by atoms with Gasteiger partial charge in [-0.05, 0) is 180 Å². The maximum absolute atomic E-state index is 13.7. The maximum atomic E-state index is 13.7. The third-order valence-corrected chi connectivity index (χ3v) is 19.7. The van der Waals surface area contributed by atoms with Gasteiger partial charge in [-0.25, -0.2) is 9.59 Å². The number of hydrogen-bond donors (Lipinski definition) is 3. The minimum atomic E-state index is -0.865. The van der Waals surface area contributed by atoms with Crippen LogP contribution in [0.1, 0.15) is 127 Å². The van der Waals surface area contributed by atoms with Crippen LogP contribution in [0.15, 0.2) is 65.6 Å². The number of phenols is 1. The Balaban J connectivity index is 0.613. The van der Waals surface area contributed by atoms with Gasteiger partial charge < -0.3 is 34.4 Å². The van der Waals surface area contributed by atoms with Crippen molar-refractivity contribution in [2.75, 3.05) is 63.9 Å². The normalized spacial score (nSPS) is 26.1. The summed E-state index contributed by atoms with van der Waals surface area (Å²) in [5.41, 5.74) is 5.11. The van der Waals surface area contributed by atoms with Crippen molar-refractivity contribution >= 4 is 56.4 Å². The number of nitrogens with one attached hydrogen (secondary N) is 1. The third-order valence-electron chi connectivity index (χ3n) is 19.7. The Morgan fingerprint density at radius 2 is 1.68 bits per heavy atom. The SMILES string of the molecule is CCc1cccc2cc(O)cc(-c3cc4nc(OC[C@@]56CCCN5[C@H](COC(=O)N5CCC7(CC5)CC(N5CCC(c8ccc9c(c8)n(C)c(=O)n9C8CCC(=O)NC8=O)CC5)C7)CC6)nc(N5CCC[C@@](C)(O)C5)c4cn3)c12. The molecule has 3 amide bonds. The number of piperidine rings is 4. The molecule has 6 aliphatic heterocycles. The Bertz CT molecular complexity index is 3440. The summed E-state index contributed by atoms with van der Waals surface area (Å²) in [6.07, 6.45) is 14.8. The molecule has 9 heterocycles. The molecule has 6 saturated heterocycles. The summed E-state index contributed by atoms with van der Waals surface area (Å²) in [5.74, 6) is 0.543. The van der Waals surface area contributed by atoms with E-state index in [0.717, 1.165) is 136 Å². The molecule has 13 rings (SSSR count). The minimum Gasteiger partial charge on any atom is -0.508 e. The van der Waals surface area contributed by atoms with Gasteiger partial charge in [-0.3, -0.25) is 33.9 Å². The molecule has 79 heavy (non-hydrogen) atoms. The van der Waals surface area contributed by atoms with E-state index < -0.39 is 17.6 Å². The summed E-state index contributed by atoms with van der Waals surface area (Å²) in [7, 11) is 1.76. The van der Waals surface area contributed by atoms with Crippen molar-refractivity contribution in [3.8, 4) is 23.0 Å². The van der Waals surface area contributed by atoms with Crippen molar-refractivity contribution in [1.82, 2.24) is 44.1 Å². The van der Waals surface area contributed by atoms with Crippen LogP contribution in [0, 0.1) is 5.41 Å². The number of aromatic nitrogens is 5. The lowest BCUT2D eigenvalue weighted by molar-refractivity contribution is -0.135. The molecule has 3 N–H and O–H groups in total. The van der Waals surface area contributed by atoms with Crippen molar-refractivity contribution in [1.29, 1.82) is 0 Å². The number of carbonyl (C=O) groups excluding carboxylic acids is 3. The number of fused-ring (bicyclic) bond motifs is 4. The predicted molar refractivity (Wildman–Crippen MR) is 300 cm³/mol. The predicted octanol–water partition coefficient (Wildman–Crippen LogP) is 7.73. The number of amides is 3. The van der Waals surface area contributed by atoms with Crippen LogP contribution in [0.5, 0.6) is 11.8 Å². The van der Waals surface area contributed by atoms with Gasteiger partial charge in [0.15, 0.2) is 0 Å². The molecule has 7 fully saturated rings. The van der Waals surface area contributed by atoms with Crippen molar-refractivity contribution in [3.05, 3.63) is 82.4 Å². The van der Waals surface area contributed by atoms with Crippen LogP contribution in [0.4, 0.5) is 10.6 Å². The molecule has 18 nitrogen and oxygen atoms in total. The van der Waals surface area contributed by atoms with E-state index in [2.05, 4.69) is 45.1 Å². The molecule has 18 heteroatoms. The first-order chi connectivity index (χ1) is 38.2. The standard InChI is InChI=1S/C61H74N10O8/c1-4-38-8-5-9-41-28-44(72)30-45(53(38)41)47-31-48-46(34-62-47)54(69-22-6-17-59(2,77)36-69)65-56(63-48)79-37-61-18-7-23-70(61)42(14-19-61)35-78-58(76)68-26-20-60(21-27-68)32-43(33-60)67-24-15-39(16-25-67)40-10-11-49-51(29-40)66(3)57(75)71(49)50-12-13-52(73)64-55(50)74/h5,8-11,28-31,34,39,42-43,50,72,77H,4,6-7,12-27,32-33,35-37H2,1-3H3,(H,64,73,74)/t42-,50?,59+,61-/m0/s1. The van der Waals surface area contributed by atoms with E-state index >= 15 is 0 Å². The number of aliphatic hydroxyl groups is 1. The van der Waals surface area contributed by atoms with Gasteiger partial charge >= 0.3 is 17.8 Å². The number of aryl methyl sites for hydroxylation is 2. The Kier molecular flexibility index (Phi) is 13.2. The second-order valence-electron chi connectivity index (χ2n) is 24.7. The van der Waals surface area contributed by atoms with Crippen LogP contribution in [0.2, 0.25) is 0 Å². The number of nitrogens with zero attached hydrogens (tertiary/aromatic N) is 9. The molecule has 1 spiro atoms. The first kappa shape index (κ1) is 51.8. The lowest BCUT2D eigenvalue weighted by Gasteiger charge is -2.56. The van der Waals surface area contributed by atoms with Crippen LogP contribution >= 0.6 is 0 Å². The highest BCUT2D eigenvalue weighted by atomic mass is 16.6. The first-order valence-electron chi connectivity index (χ1n) is 29.2. The number of aromatic hydroxyl groups is 1. The molecular weight excluding hydrogens is 1000 g/mol. The van der Waals surface area contributed by atoms with Crippen LogP contribution in [0.3, 0.4) is 0 Å². The van der Waals surface area contributed by atoms with E-state index in [4.69, 9.17) is 24.4 Å². The number of ether oxygens (including phenoxy) is 2. The van der Waals surface area contributed by atoms with E-state index in [1.54, 1.807) is 28.3 Å². The number of pyridine rings is 1. The molecule has 3 aromatic heterocycles. The topological polar surface area (TPSA) is 201 Å². The fourth-order valence-corrected chi connectivity index (χ4v) is 15.3. The fraction of sp³-hybridized carbons (Fsp3) is 0.557. The van der Waals surface area contributed by atoms with Gasteiger partial charge in [0.25, 0.3) is 0 Å².